The van der Waals surface area contributed by atoms with Crippen LogP contribution in [-0.4, -0.2) is 24.5 Å². The van der Waals surface area contributed by atoms with E-state index in [1.807, 2.05) is 0 Å². The van der Waals surface area contributed by atoms with Crippen molar-refractivity contribution in [1.82, 2.24) is 0 Å². The summed E-state index contributed by atoms with van der Waals surface area (Å²) in [6, 6.07) is 8.97. The first-order valence-corrected chi connectivity index (χ1v) is 9.16. The van der Waals surface area contributed by atoms with Crippen LogP contribution in [0.3, 0.4) is 0 Å². The number of hydrogen-bond acceptors (Lipinski definition) is 4. The standard InChI is InChI=1S/C20H22N2O3/c21-12-13-1-7-16(8-2-13)22-10-9-18(20(22)24)25-19(23)11-17(14-3-4-14)15-5-6-15/h1-2,7-8,14-15,17-18H,3-6,9-11H2/t18-/m0/s1. The Hall–Kier alpha value is -2.35. The van der Waals surface area contributed by atoms with E-state index < -0.39 is 6.10 Å². The first-order valence-electron chi connectivity index (χ1n) is 9.16. The Morgan fingerprint density at radius 3 is 2.36 bits per heavy atom. The minimum atomic E-state index is -0.665. The van der Waals surface area contributed by atoms with Gasteiger partial charge in [-0.25, -0.2) is 0 Å². The number of rotatable bonds is 6. The maximum Gasteiger partial charge on any atom is 0.306 e. The zero-order valence-electron chi connectivity index (χ0n) is 14.2. The molecule has 0 unspecified atom stereocenters. The van der Waals surface area contributed by atoms with Crippen molar-refractivity contribution >= 4 is 17.6 Å². The molecular formula is C20H22N2O3. The van der Waals surface area contributed by atoms with Crippen molar-refractivity contribution in [3.05, 3.63) is 29.8 Å². The number of hydrogen-bond donors (Lipinski definition) is 0. The van der Waals surface area contributed by atoms with Gasteiger partial charge in [0.2, 0.25) is 0 Å². The molecule has 130 valence electrons. The summed E-state index contributed by atoms with van der Waals surface area (Å²) in [7, 11) is 0. The molecule has 5 heteroatoms. The second-order valence-electron chi connectivity index (χ2n) is 7.46. The van der Waals surface area contributed by atoms with E-state index >= 15 is 0 Å². The number of nitrogens with zero attached hydrogens (tertiary/aromatic N) is 2. The lowest BCUT2D eigenvalue weighted by molar-refractivity contribution is -0.154. The van der Waals surface area contributed by atoms with Crippen LogP contribution in [0.1, 0.15) is 44.1 Å². The van der Waals surface area contributed by atoms with Crippen LogP contribution in [0, 0.1) is 29.1 Å². The zero-order chi connectivity index (χ0) is 17.4. The van der Waals surface area contributed by atoms with Gasteiger partial charge < -0.3 is 9.64 Å². The molecule has 1 amide bonds. The molecular weight excluding hydrogens is 316 g/mol. The average molecular weight is 338 g/mol. The van der Waals surface area contributed by atoms with Crippen molar-refractivity contribution in [3.63, 3.8) is 0 Å². The molecule has 1 aromatic carbocycles. The molecule has 2 saturated carbocycles. The zero-order valence-corrected chi connectivity index (χ0v) is 14.2. The molecule has 3 fully saturated rings. The average Bonchev–Trinajstić information content (AvgIpc) is 3.54. The molecule has 4 rings (SSSR count). The number of nitriles is 1. The second kappa shape index (κ2) is 6.51. The van der Waals surface area contributed by atoms with Gasteiger partial charge in [0.05, 0.1) is 11.6 Å². The van der Waals surface area contributed by atoms with Crippen LogP contribution in [0.15, 0.2) is 24.3 Å². The van der Waals surface area contributed by atoms with Crippen LogP contribution in [0.25, 0.3) is 0 Å². The van der Waals surface area contributed by atoms with Crippen molar-refractivity contribution in [1.29, 1.82) is 5.26 Å². The Kier molecular flexibility index (Phi) is 4.20. The molecule has 1 aromatic rings. The second-order valence-corrected chi connectivity index (χ2v) is 7.46. The van der Waals surface area contributed by atoms with Crippen LogP contribution in [0.5, 0.6) is 0 Å². The fraction of sp³-hybridized carbons (Fsp3) is 0.550. The van der Waals surface area contributed by atoms with Gasteiger partial charge in [0.25, 0.3) is 5.91 Å². The number of carbonyl (C=O) groups is 2. The number of amides is 1. The highest BCUT2D eigenvalue weighted by molar-refractivity contribution is 5.99. The van der Waals surface area contributed by atoms with Crippen molar-refractivity contribution in [3.8, 4) is 6.07 Å². The largest absolute Gasteiger partial charge is 0.452 e. The van der Waals surface area contributed by atoms with Gasteiger partial charge in [-0.1, -0.05) is 0 Å². The van der Waals surface area contributed by atoms with Crippen molar-refractivity contribution in [2.24, 2.45) is 17.8 Å². The minimum Gasteiger partial charge on any atom is -0.452 e. The maximum atomic E-state index is 12.6. The fourth-order valence-corrected chi connectivity index (χ4v) is 3.90. The molecule has 1 heterocycles. The predicted octanol–water partition coefficient (Wildman–Crippen LogP) is 3.03. The molecule has 2 aliphatic carbocycles. The highest BCUT2D eigenvalue weighted by atomic mass is 16.5. The van der Waals surface area contributed by atoms with Crippen molar-refractivity contribution in [2.45, 2.75) is 44.6 Å². The normalized spacial score (nSPS) is 23.0. The molecule has 0 spiro atoms. The quantitative estimate of drug-likeness (QED) is 0.748. The molecule has 0 bridgehead atoms. The maximum absolute atomic E-state index is 12.6. The van der Waals surface area contributed by atoms with Gasteiger partial charge in [-0.3, -0.25) is 9.59 Å². The summed E-state index contributed by atoms with van der Waals surface area (Å²) in [6.45, 7) is 0.539. The summed E-state index contributed by atoms with van der Waals surface area (Å²) < 4.78 is 5.52. The topological polar surface area (TPSA) is 70.4 Å². The Bertz CT molecular complexity index is 701. The number of esters is 1. The van der Waals surface area contributed by atoms with Crippen LogP contribution in [-0.2, 0) is 14.3 Å². The molecule has 25 heavy (non-hydrogen) atoms. The lowest BCUT2D eigenvalue weighted by Gasteiger charge is -2.18. The molecule has 5 nitrogen and oxygen atoms in total. The van der Waals surface area contributed by atoms with Crippen LogP contribution >= 0.6 is 0 Å². The van der Waals surface area contributed by atoms with Crippen LogP contribution in [0.2, 0.25) is 0 Å². The van der Waals surface area contributed by atoms with Gasteiger partial charge in [-0.2, -0.15) is 5.26 Å². The van der Waals surface area contributed by atoms with Crippen LogP contribution in [0.4, 0.5) is 5.69 Å². The van der Waals surface area contributed by atoms with Gasteiger partial charge >= 0.3 is 5.97 Å². The lowest BCUT2D eigenvalue weighted by atomic mass is 9.94. The third-order valence-corrected chi connectivity index (χ3v) is 5.60. The highest BCUT2D eigenvalue weighted by Crippen LogP contribution is 2.50. The van der Waals surface area contributed by atoms with Gasteiger partial charge in [0.15, 0.2) is 6.10 Å². The Morgan fingerprint density at radius 1 is 1.16 bits per heavy atom. The molecule has 0 aromatic heterocycles. The van der Waals surface area contributed by atoms with E-state index in [2.05, 4.69) is 6.07 Å². The fourth-order valence-electron chi connectivity index (χ4n) is 3.90. The van der Waals surface area contributed by atoms with E-state index in [0.29, 0.717) is 42.7 Å². The molecule has 0 N–H and O–H groups in total. The van der Waals surface area contributed by atoms with E-state index in [1.165, 1.54) is 25.7 Å². The van der Waals surface area contributed by atoms with Gasteiger partial charge in [0.1, 0.15) is 0 Å². The van der Waals surface area contributed by atoms with E-state index in [4.69, 9.17) is 10.00 Å². The monoisotopic (exact) mass is 338 g/mol. The first kappa shape index (κ1) is 16.1. The van der Waals surface area contributed by atoms with Gasteiger partial charge in [-0.05, 0) is 67.7 Å². The predicted molar refractivity (Wildman–Crippen MR) is 91.6 cm³/mol. The number of carbonyl (C=O) groups excluding carboxylic acids is 2. The van der Waals surface area contributed by atoms with Gasteiger partial charge in [-0.15, -0.1) is 0 Å². The van der Waals surface area contributed by atoms with Gasteiger partial charge in [0, 0.05) is 25.1 Å². The first-order chi connectivity index (χ1) is 12.2. The van der Waals surface area contributed by atoms with E-state index in [9.17, 15) is 9.59 Å². The Labute approximate surface area is 147 Å². The lowest BCUT2D eigenvalue weighted by Crippen LogP contribution is -2.32. The Morgan fingerprint density at radius 2 is 1.80 bits per heavy atom. The number of ether oxygens (including phenoxy) is 1. The SMILES string of the molecule is N#Cc1ccc(N2CC[C@H](OC(=O)CC(C3CC3)C3CC3)C2=O)cc1. The van der Waals surface area contributed by atoms with Crippen molar-refractivity contribution < 1.29 is 14.3 Å². The third-order valence-electron chi connectivity index (χ3n) is 5.60. The summed E-state index contributed by atoms with van der Waals surface area (Å²) in [5.74, 6) is 1.50. The molecule has 3 aliphatic rings. The van der Waals surface area contributed by atoms with E-state index in [-0.39, 0.29) is 11.9 Å². The molecule has 1 saturated heterocycles. The molecule has 0 radical (unpaired) electrons. The molecule has 1 atom stereocenters. The van der Waals surface area contributed by atoms with Crippen molar-refractivity contribution in [2.75, 3.05) is 11.4 Å². The summed E-state index contributed by atoms with van der Waals surface area (Å²) in [6.07, 6.45) is 5.29. The van der Waals surface area contributed by atoms with E-state index in [0.717, 1.165) is 5.69 Å². The number of anilines is 1. The Balaban J connectivity index is 1.34. The smallest absolute Gasteiger partial charge is 0.306 e. The summed E-state index contributed by atoms with van der Waals surface area (Å²) >= 11 is 0. The summed E-state index contributed by atoms with van der Waals surface area (Å²) in [5, 5.41) is 8.86. The minimum absolute atomic E-state index is 0.160. The summed E-state index contributed by atoms with van der Waals surface area (Å²) in [4.78, 5) is 26.5. The summed E-state index contributed by atoms with van der Waals surface area (Å²) in [5.41, 5.74) is 1.31. The third kappa shape index (κ3) is 3.53. The number of benzene rings is 1. The highest BCUT2D eigenvalue weighted by Gasteiger charge is 2.43. The molecule has 1 aliphatic heterocycles. The van der Waals surface area contributed by atoms with Crippen LogP contribution < -0.4 is 4.90 Å². The van der Waals surface area contributed by atoms with E-state index in [1.54, 1.807) is 29.2 Å².